The molecule has 41 heavy (non-hydrogen) atoms. The first-order valence-corrected chi connectivity index (χ1v) is 13.8. The molecule has 0 atom stereocenters. The molecule has 5 amide bonds. The lowest BCUT2D eigenvalue weighted by molar-refractivity contribution is -0.122. The summed E-state index contributed by atoms with van der Waals surface area (Å²) in [6.45, 7) is 7.39. The maximum Gasteiger partial charge on any atom is 0.335 e. The Labute approximate surface area is 250 Å². The fourth-order valence-electron chi connectivity index (χ4n) is 4.00. The highest BCUT2D eigenvalue weighted by Crippen LogP contribution is 2.38. The molecule has 0 spiro atoms. The molecule has 1 aliphatic heterocycles. The standard InChI is InChI=1S/C30H27BrClN3O6/c1-5-40-25-13-19(12-23(31)27(25)41-15-26(36)33-20-8-6-17(3)24(32)14-20)11-22-28(37)34-30(39)35(29(22)38)21-9-7-16(2)18(4)10-21/h6-14H,5,15H2,1-4H3,(H,33,36)(H,34,37,39)/b22-11-. The Bertz CT molecular complexity index is 1600. The molecule has 3 aromatic carbocycles. The van der Waals surface area contributed by atoms with Crippen LogP contribution in [0.15, 0.2) is 58.6 Å². The molecule has 1 heterocycles. The number of barbiturate groups is 1. The quantitative estimate of drug-likeness (QED) is 0.227. The van der Waals surface area contributed by atoms with Crippen LogP contribution in [0.1, 0.15) is 29.2 Å². The second kappa shape index (κ2) is 12.6. The molecule has 212 valence electrons. The van der Waals surface area contributed by atoms with Gasteiger partial charge in [-0.2, -0.15) is 0 Å². The number of ether oxygens (including phenoxy) is 2. The number of amides is 5. The van der Waals surface area contributed by atoms with Gasteiger partial charge < -0.3 is 14.8 Å². The molecule has 9 nitrogen and oxygen atoms in total. The third kappa shape index (κ3) is 6.78. The Morgan fingerprint density at radius 1 is 1.00 bits per heavy atom. The van der Waals surface area contributed by atoms with Gasteiger partial charge in [0.25, 0.3) is 17.7 Å². The summed E-state index contributed by atoms with van der Waals surface area (Å²) < 4.78 is 11.9. The lowest BCUT2D eigenvalue weighted by Gasteiger charge is -2.27. The first kappa shape index (κ1) is 29.8. The average molecular weight is 641 g/mol. The molecule has 3 aromatic rings. The molecule has 2 N–H and O–H groups in total. The molecule has 0 aromatic heterocycles. The first-order valence-electron chi connectivity index (χ1n) is 12.6. The minimum atomic E-state index is -0.827. The minimum Gasteiger partial charge on any atom is -0.490 e. The van der Waals surface area contributed by atoms with Gasteiger partial charge in [-0.15, -0.1) is 0 Å². The van der Waals surface area contributed by atoms with Gasteiger partial charge in [0.15, 0.2) is 18.1 Å². The van der Waals surface area contributed by atoms with Crippen molar-refractivity contribution in [3.63, 3.8) is 0 Å². The van der Waals surface area contributed by atoms with Gasteiger partial charge in [-0.1, -0.05) is 23.7 Å². The summed E-state index contributed by atoms with van der Waals surface area (Å²) in [6.07, 6.45) is 1.36. The van der Waals surface area contributed by atoms with E-state index in [9.17, 15) is 19.2 Å². The van der Waals surface area contributed by atoms with Crippen LogP contribution in [0.5, 0.6) is 11.5 Å². The van der Waals surface area contributed by atoms with Crippen molar-refractivity contribution in [3.8, 4) is 11.5 Å². The lowest BCUT2D eigenvalue weighted by atomic mass is 10.0. The van der Waals surface area contributed by atoms with E-state index >= 15 is 0 Å². The summed E-state index contributed by atoms with van der Waals surface area (Å²) in [6, 6.07) is 12.7. The maximum atomic E-state index is 13.3. The Morgan fingerprint density at radius 3 is 2.41 bits per heavy atom. The van der Waals surface area contributed by atoms with Crippen LogP contribution in [0.2, 0.25) is 5.02 Å². The number of rotatable bonds is 8. The summed E-state index contributed by atoms with van der Waals surface area (Å²) in [7, 11) is 0. The third-order valence-electron chi connectivity index (χ3n) is 6.30. The number of halogens is 2. The van der Waals surface area contributed by atoms with E-state index in [1.54, 1.807) is 55.5 Å². The highest BCUT2D eigenvalue weighted by Gasteiger charge is 2.37. The van der Waals surface area contributed by atoms with Gasteiger partial charge in [0.1, 0.15) is 5.57 Å². The molecular weight excluding hydrogens is 614 g/mol. The lowest BCUT2D eigenvalue weighted by Crippen LogP contribution is -2.54. The molecule has 4 rings (SSSR count). The number of carbonyl (C=O) groups is 4. The van der Waals surface area contributed by atoms with Crippen molar-refractivity contribution < 1.29 is 28.7 Å². The monoisotopic (exact) mass is 639 g/mol. The number of benzene rings is 3. The summed E-state index contributed by atoms with van der Waals surface area (Å²) in [4.78, 5) is 52.0. The number of hydrogen-bond donors (Lipinski definition) is 2. The van der Waals surface area contributed by atoms with Crippen molar-refractivity contribution in [2.45, 2.75) is 27.7 Å². The average Bonchev–Trinajstić information content (AvgIpc) is 2.90. The smallest absolute Gasteiger partial charge is 0.335 e. The normalized spacial score (nSPS) is 14.2. The molecular formula is C30H27BrClN3O6. The van der Waals surface area contributed by atoms with Crippen molar-refractivity contribution in [1.82, 2.24) is 5.32 Å². The van der Waals surface area contributed by atoms with Crippen LogP contribution in [0.25, 0.3) is 6.08 Å². The molecule has 0 radical (unpaired) electrons. The number of urea groups is 1. The number of aryl methyl sites for hydroxylation is 3. The molecule has 1 fully saturated rings. The van der Waals surface area contributed by atoms with Crippen LogP contribution in [-0.4, -0.2) is 37.0 Å². The van der Waals surface area contributed by atoms with E-state index in [1.165, 1.54) is 6.08 Å². The third-order valence-corrected chi connectivity index (χ3v) is 7.29. The van der Waals surface area contributed by atoms with Gasteiger partial charge in [-0.25, -0.2) is 9.69 Å². The number of hydrogen-bond acceptors (Lipinski definition) is 6. The van der Waals surface area contributed by atoms with E-state index in [0.29, 0.717) is 26.4 Å². The van der Waals surface area contributed by atoms with Crippen LogP contribution in [0.3, 0.4) is 0 Å². The van der Waals surface area contributed by atoms with Gasteiger partial charge in [0.05, 0.1) is 16.8 Å². The molecule has 0 bridgehead atoms. The molecule has 11 heteroatoms. The van der Waals surface area contributed by atoms with Crippen LogP contribution >= 0.6 is 27.5 Å². The molecule has 0 unspecified atom stereocenters. The predicted octanol–water partition coefficient (Wildman–Crippen LogP) is 6.11. The zero-order valence-corrected chi connectivity index (χ0v) is 25.1. The fourth-order valence-corrected chi connectivity index (χ4v) is 4.76. The second-order valence-electron chi connectivity index (χ2n) is 9.29. The van der Waals surface area contributed by atoms with Crippen molar-refractivity contribution in [1.29, 1.82) is 0 Å². The number of nitrogens with zero attached hydrogens (tertiary/aromatic N) is 1. The van der Waals surface area contributed by atoms with E-state index in [-0.39, 0.29) is 30.3 Å². The number of carbonyl (C=O) groups excluding carboxylic acids is 4. The highest BCUT2D eigenvalue weighted by atomic mass is 79.9. The SMILES string of the molecule is CCOc1cc(/C=C2/C(=O)NC(=O)N(c3ccc(C)c(C)c3)C2=O)cc(Br)c1OCC(=O)Nc1ccc(C)c(Cl)c1. The Hall–Kier alpha value is -4.15. The minimum absolute atomic E-state index is 0.234. The van der Waals surface area contributed by atoms with Crippen LogP contribution in [0, 0.1) is 20.8 Å². The number of anilines is 2. The first-order chi connectivity index (χ1) is 19.5. The van der Waals surface area contributed by atoms with Gasteiger partial charge >= 0.3 is 6.03 Å². The fraction of sp³-hybridized carbons (Fsp3) is 0.200. The van der Waals surface area contributed by atoms with Crippen molar-refractivity contribution in [2.75, 3.05) is 23.4 Å². The van der Waals surface area contributed by atoms with Crippen LogP contribution < -0.4 is 25.0 Å². The topological polar surface area (TPSA) is 114 Å². The van der Waals surface area contributed by atoms with E-state index in [1.807, 2.05) is 20.8 Å². The Balaban J connectivity index is 1.58. The largest absolute Gasteiger partial charge is 0.490 e. The van der Waals surface area contributed by atoms with Gasteiger partial charge in [-0.3, -0.25) is 19.7 Å². The Morgan fingerprint density at radius 2 is 1.73 bits per heavy atom. The van der Waals surface area contributed by atoms with Crippen LogP contribution in [0.4, 0.5) is 16.2 Å². The van der Waals surface area contributed by atoms with Crippen molar-refractivity contribution in [2.24, 2.45) is 0 Å². The van der Waals surface area contributed by atoms with E-state index < -0.39 is 23.8 Å². The predicted molar refractivity (Wildman–Crippen MR) is 161 cm³/mol. The zero-order chi connectivity index (χ0) is 29.8. The maximum absolute atomic E-state index is 13.3. The number of nitrogens with one attached hydrogen (secondary N) is 2. The van der Waals surface area contributed by atoms with Crippen molar-refractivity contribution in [3.05, 3.63) is 85.9 Å². The van der Waals surface area contributed by atoms with Gasteiger partial charge in [0.2, 0.25) is 0 Å². The van der Waals surface area contributed by atoms with Gasteiger partial charge in [-0.05, 0) is 108 Å². The summed E-state index contributed by atoms with van der Waals surface area (Å²) in [5, 5.41) is 5.48. The second-order valence-corrected chi connectivity index (χ2v) is 10.6. The summed E-state index contributed by atoms with van der Waals surface area (Å²) >= 11 is 9.57. The van der Waals surface area contributed by atoms with E-state index in [2.05, 4.69) is 26.6 Å². The number of imide groups is 2. The van der Waals surface area contributed by atoms with Crippen molar-refractivity contribution >= 4 is 68.7 Å². The van der Waals surface area contributed by atoms with E-state index in [0.717, 1.165) is 21.6 Å². The molecule has 0 saturated carbocycles. The summed E-state index contributed by atoms with van der Waals surface area (Å²) in [5.41, 5.74) is 3.85. The summed E-state index contributed by atoms with van der Waals surface area (Å²) in [5.74, 6) is -1.44. The van der Waals surface area contributed by atoms with E-state index in [4.69, 9.17) is 21.1 Å². The molecule has 0 aliphatic carbocycles. The molecule has 1 saturated heterocycles. The van der Waals surface area contributed by atoms with Gasteiger partial charge in [0, 0.05) is 10.7 Å². The zero-order valence-electron chi connectivity index (χ0n) is 22.8. The highest BCUT2D eigenvalue weighted by molar-refractivity contribution is 9.10. The van der Waals surface area contributed by atoms with Crippen LogP contribution in [-0.2, 0) is 14.4 Å². The Kier molecular flexibility index (Phi) is 9.14. The molecule has 1 aliphatic rings.